The van der Waals surface area contributed by atoms with Crippen LogP contribution in [0.25, 0.3) is 0 Å². The fourth-order valence-corrected chi connectivity index (χ4v) is 3.10. The minimum absolute atomic E-state index is 0. The lowest BCUT2D eigenvalue weighted by molar-refractivity contribution is -0.117. The minimum Gasteiger partial charge on any atom is -0.484 e. The average molecular weight is 365 g/mol. The summed E-state index contributed by atoms with van der Waals surface area (Å²) in [6.45, 7) is 0.939. The Hall–Kier alpha value is -2.12. The number of halogens is 1. The van der Waals surface area contributed by atoms with Crippen LogP contribution >= 0.6 is 12.4 Å². The molecule has 1 saturated heterocycles. The first-order valence-corrected chi connectivity index (χ1v) is 8.29. The van der Waals surface area contributed by atoms with Crippen molar-refractivity contribution >= 4 is 24.0 Å². The fourth-order valence-electron chi connectivity index (χ4n) is 3.10. The second kappa shape index (κ2) is 7.01. The van der Waals surface area contributed by atoms with Crippen LogP contribution in [-0.2, 0) is 16.9 Å². The van der Waals surface area contributed by atoms with Gasteiger partial charge in [0.1, 0.15) is 5.75 Å². The minimum atomic E-state index is -0.433. The predicted molar refractivity (Wildman–Crippen MR) is 93.6 cm³/mol. The fraction of sp³-hybridized carbons (Fsp3) is 0.471. The number of aromatic nitrogens is 2. The lowest BCUT2D eigenvalue weighted by atomic mass is 9.77. The van der Waals surface area contributed by atoms with Gasteiger partial charge < -0.3 is 19.9 Å². The van der Waals surface area contributed by atoms with Crippen LogP contribution in [0.4, 0.5) is 5.69 Å². The van der Waals surface area contributed by atoms with Gasteiger partial charge in [-0.25, -0.2) is 0 Å². The molecule has 1 amide bonds. The smallest absolute Gasteiger partial charge is 0.264 e. The van der Waals surface area contributed by atoms with Crippen LogP contribution in [0.5, 0.6) is 5.75 Å². The van der Waals surface area contributed by atoms with Crippen LogP contribution in [0.2, 0.25) is 0 Å². The van der Waals surface area contributed by atoms with E-state index in [0.29, 0.717) is 23.9 Å². The molecule has 8 heteroatoms. The maximum Gasteiger partial charge on any atom is 0.264 e. The maximum atomic E-state index is 11.8. The van der Waals surface area contributed by atoms with E-state index in [1.54, 1.807) is 4.90 Å². The molecule has 0 atom stereocenters. The Morgan fingerprint density at radius 1 is 1.32 bits per heavy atom. The molecule has 1 aliphatic carbocycles. The zero-order valence-corrected chi connectivity index (χ0v) is 14.6. The van der Waals surface area contributed by atoms with E-state index in [2.05, 4.69) is 10.1 Å². The monoisotopic (exact) mass is 364 g/mol. The van der Waals surface area contributed by atoms with Gasteiger partial charge in [0, 0.05) is 24.7 Å². The van der Waals surface area contributed by atoms with Crippen molar-refractivity contribution in [3.05, 3.63) is 36.0 Å². The van der Waals surface area contributed by atoms with Crippen molar-refractivity contribution in [2.75, 3.05) is 11.4 Å². The SMILES string of the molecule is Cl.NC1(c2noc(COc3cccc(N4CCCC4=O)c3)n2)CCC1. The van der Waals surface area contributed by atoms with E-state index < -0.39 is 5.54 Å². The molecule has 2 aliphatic rings. The number of nitrogens with two attached hydrogens (primary N) is 1. The number of hydrogen-bond acceptors (Lipinski definition) is 6. The Morgan fingerprint density at radius 2 is 2.16 bits per heavy atom. The van der Waals surface area contributed by atoms with Gasteiger partial charge >= 0.3 is 0 Å². The van der Waals surface area contributed by atoms with Gasteiger partial charge in [0.05, 0.1) is 5.54 Å². The standard InChI is InChI=1S/C17H20N4O3.ClH/c18-17(7-3-8-17)16-19-14(24-20-16)11-23-13-5-1-4-12(10-13)21-9-2-6-15(21)22;/h1,4-5,10H,2-3,6-9,11,18H2;1H. The van der Waals surface area contributed by atoms with E-state index in [9.17, 15) is 4.79 Å². The van der Waals surface area contributed by atoms with Crippen LogP contribution in [0, 0.1) is 0 Å². The molecule has 25 heavy (non-hydrogen) atoms. The van der Waals surface area contributed by atoms with Gasteiger partial charge in [-0.05, 0) is 37.8 Å². The third-order valence-corrected chi connectivity index (χ3v) is 4.72. The molecule has 4 rings (SSSR count). The van der Waals surface area contributed by atoms with Crippen LogP contribution in [-0.4, -0.2) is 22.6 Å². The first-order chi connectivity index (χ1) is 11.6. The van der Waals surface area contributed by atoms with E-state index in [4.69, 9.17) is 15.0 Å². The lowest BCUT2D eigenvalue weighted by Gasteiger charge is -2.34. The molecule has 0 radical (unpaired) electrons. The predicted octanol–water partition coefficient (Wildman–Crippen LogP) is 2.54. The number of nitrogens with zero attached hydrogens (tertiary/aromatic N) is 3. The molecule has 1 aromatic carbocycles. The highest BCUT2D eigenvalue weighted by Gasteiger charge is 2.39. The molecule has 0 spiro atoms. The normalized spacial score (nSPS) is 18.6. The summed E-state index contributed by atoms with van der Waals surface area (Å²) in [5.74, 6) is 1.79. The number of amides is 1. The van der Waals surface area contributed by atoms with Gasteiger partial charge in [-0.2, -0.15) is 4.98 Å². The molecule has 2 aromatic rings. The molecule has 1 aromatic heterocycles. The van der Waals surface area contributed by atoms with E-state index in [1.165, 1.54) is 0 Å². The van der Waals surface area contributed by atoms with Crippen LogP contribution in [0.15, 0.2) is 28.8 Å². The maximum absolute atomic E-state index is 11.8. The highest BCUT2D eigenvalue weighted by atomic mass is 35.5. The number of hydrogen-bond donors (Lipinski definition) is 1. The second-order valence-corrected chi connectivity index (χ2v) is 6.46. The quantitative estimate of drug-likeness (QED) is 0.876. The molecule has 0 bridgehead atoms. The summed E-state index contributed by atoms with van der Waals surface area (Å²) >= 11 is 0. The summed E-state index contributed by atoms with van der Waals surface area (Å²) in [6.07, 6.45) is 4.38. The van der Waals surface area contributed by atoms with Gasteiger partial charge in [-0.1, -0.05) is 11.2 Å². The number of rotatable bonds is 5. The summed E-state index contributed by atoms with van der Waals surface area (Å²) in [5.41, 5.74) is 6.61. The Bertz CT molecular complexity index is 760. The third kappa shape index (κ3) is 3.48. The summed E-state index contributed by atoms with van der Waals surface area (Å²) in [5, 5.41) is 3.97. The van der Waals surface area contributed by atoms with Gasteiger partial charge in [-0.15, -0.1) is 12.4 Å². The third-order valence-electron chi connectivity index (χ3n) is 4.72. The van der Waals surface area contributed by atoms with Crippen molar-refractivity contribution in [1.82, 2.24) is 10.1 Å². The second-order valence-electron chi connectivity index (χ2n) is 6.46. The zero-order chi connectivity index (χ0) is 16.6. The summed E-state index contributed by atoms with van der Waals surface area (Å²) < 4.78 is 11.0. The Balaban J connectivity index is 0.00000182. The molecule has 2 heterocycles. The van der Waals surface area contributed by atoms with Gasteiger partial charge in [0.2, 0.25) is 5.91 Å². The largest absolute Gasteiger partial charge is 0.484 e. The van der Waals surface area contributed by atoms with Crippen molar-refractivity contribution < 1.29 is 14.1 Å². The Kier molecular flexibility index (Phi) is 4.96. The van der Waals surface area contributed by atoms with Crippen LogP contribution in [0.1, 0.15) is 43.8 Å². The first-order valence-electron chi connectivity index (χ1n) is 8.29. The van der Waals surface area contributed by atoms with E-state index >= 15 is 0 Å². The molecule has 0 unspecified atom stereocenters. The van der Waals surface area contributed by atoms with E-state index in [1.807, 2.05) is 24.3 Å². The van der Waals surface area contributed by atoms with Crippen molar-refractivity contribution in [1.29, 1.82) is 0 Å². The van der Waals surface area contributed by atoms with Crippen molar-refractivity contribution in [3.63, 3.8) is 0 Å². The molecule has 1 saturated carbocycles. The van der Waals surface area contributed by atoms with E-state index in [0.717, 1.165) is 37.9 Å². The van der Waals surface area contributed by atoms with Crippen molar-refractivity contribution in [3.8, 4) is 5.75 Å². The molecule has 134 valence electrons. The summed E-state index contributed by atoms with van der Waals surface area (Å²) in [6, 6.07) is 7.49. The highest BCUT2D eigenvalue weighted by molar-refractivity contribution is 5.95. The van der Waals surface area contributed by atoms with E-state index in [-0.39, 0.29) is 24.9 Å². The molecule has 2 N–H and O–H groups in total. The topological polar surface area (TPSA) is 94.5 Å². The van der Waals surface area contributed by atoms with Crippen LogP contribution < -0.4 is 15.4 Å². The summed E-state index contributed by atoms with van der Waals surface area (Å²) in [4.78, 5) is 18.0. The highest BCUT2D eigenvalue weighted by Crippen LogP contribution is 2.36. The zero-order valence-electron chi connectivity index (χ0n) is 13.8. The number of ether oxygens (including phenoxy) is 1. The molecule has 7 nitrogen and oxygen atoms in total. The van der Waals surface area contributed by atoms with Gasteiger partial charge in [-0.3, -0.25) is 4.79 Å². The lowest BCUT2D eigenvalue weighted by Crippen LogP contribution is -2.44. The van der Waals surface area contributed by atoms with Gasteiger partial charge in [0.15, 0.2) is 12.4 Å². The number of benzene rings is 1. The Morgan fingerprint density at radius 3 is 2.84 bits per heavy atom. The number of anilines is 1. The van der Waals surface area contributed by atoms with Crippen molar-refractivity contribution in [2.45, 2.75) is 44.2 Å². The van der Waals surface area contributed by atoms with Crippen LogP contribution in [0.3, 0.4) is 0 Å². The van der Waals surface area contributed by atoms with Crippen molar-refractivity contribution in [2.24, 2.45) is 5.73 Å². The molecular formula is C17H21ClN4O3. The van der Waals surface area contributed by atoms with Gasteiger partial charge in [0.25, 0.3) is 5.89 Å². The molecule has 2 fully saturated rings. The Labute approximate surface area is 151 Å². The number of carbonyl (C=O) groups excluding carboxylic acids is 1. The number of carbonyl (C=O) groups is 1. The average Bonchev–Trinajstić information content (AvgIpc) is 3.20. The molecule has 1 aliphatic heterocycles. The molecular weight excluding hydrogens is 344 g/mol. The first kappa shape index (κ1) is 17.7. The summed E-state index contributed by atoms with van der Waals surface area (Å²) in [7, 11) is 0.